The molecule has 1 aliphatic heterocycles. The molecule has 0 radical (unpaired) electrons. The lowest BCUT2D eigenvalue weighted by atomic mass is 10.1. The summed E-state index contributed by atoms with van der Waals surface area (Å²) in [7, 11) is 0. The summed E-state index contributed by atoms with van der Waals surface area (Å²) in [6.07, 6.45) is 1.19. The van der Waals surface area contributed by atoms with Crippen LogP contribution in [0.25, 0.3) is 0 Å². The Morgan fingerprint density at radius 1 is 1.41 bits per heavy atom. The highest BCUT2D eigenvalue weighted by molar-refractivity contribution is 5.67. The van der Waals surface area contributed by atoms with Gasteiger partial charge < -0.3 is 5.11 Å². The van der Waals surface area contributed by atoms with Crippen LogP contribution in [0.3, 0.4) is 0 Å². The molecule has 4 heteroatoms. The average molecular weight is 237 g/mol. The number of halogens is 1. The first-order chi connectivity index (χ1) is 8.13. The molecular formula is C13H16FNO2. The van der Waals surface area contributed by atoms with Crippen molar-refractivity contribution in [3.05, 3.63) is 35.6 Å². The summed E-state index contributed by atoms with van der Waals surface area (Å²) in [6.45, 7) is 2.52. The number of carboxylic acids is 1. The topological polar surface area (TPSA) is 40.5 Å². The molecule has 0 aromatic heterocycles. The van der Waals surface area contributed by atoms with E-state index in [1.54, 1.807) is 12.1 Å². The van der Waals surface area contributed by atoms with Gasteiger partial charge in [-0.2, -0.15) is 0 Å². The molecule has 1 unspecified atom stereocenters. The predicted molar refractivity (Wildman–Crippen MR) is 62.0 cm³/mol. The summed E-state index contributed by atoms with van der Waals surface area (Å²) < 4.78 is 12.7. The zero-order chi connectivity index (χ0) is 12.3. The molecular weight excluding hydrogens is 221 g/mol. The summed E-state index contributed by atoms with van der Waals surface area (Å²) >= 11 is 0. The van der Waals surface area contributed by atoms with Crippen LogP contribution in [-0.2, 0) is 11.3 Å². The Labute approximate surface area is 99.9 Å². The summed E-state index contributed by atoms with van der Waals surface area (Å²) in [6, 6.07) is 6.47. The maximum atomic E-state index is 12.7. The maximum absolute atomic E-state index is 12.7. The molecule has 0 spiro atoms. The van der Waals surface area contributed by atoms with Gasteiger partial charge in [0.15, 0.2) is 0 Å². The van der Waals surface area contributed by atoms with E-state index in [2.05, 4.69) is 4.90 Å². The van der Waals surface area contributed by atoms with Gasteiger partial charge in [-0.25, -0.2) is 4.39 Å². The second kappa shape index (κ2) is 5.27. The van der Waals surface area contributed by atoms with Gasteiger partial charge in [-0.15, -0.1) is 0 Å². The number of aliphatic carboxylic acids is 1. The van der Waals surface area contributed by atoms with Gasteiger partial charge in [0.25, 0.3) is 0 Å². The highest BCUT2D eigenvalue weighted by atomic mass is 19.1. The normalized spacial score (nSPS) is 20.6. The lowest BCUT2D eigenvalue weighted by molar-refractivity contribution is -0.138. The smallest absolute Gasteiger partial charge is 0.303 e. The van der Waals surface area contributed by atoms with E-state index in [-0.39, 0.29) is 18.2 Å². The monoisotopic (exact) mass is 237 g/mol. The third-order valence-corrected chi connectivity index (χ3v) is 3.15. The molecule has 17 heavy (non-hydrogen) atoms. The molecule has 0 bridgehead atoms. The Kier molecular flexibility index (Phi) is 3.74. The molecule has 1 aromatic carbocycles. The van der Waals surface area contributed by atoms with Crippen molar-refractivity contribution in [3.63, 3.8) is 0 Å². The van der Waals surface area contributed by atoms with E-state index < -0.39 is 5.97 Å². The molecule has 3 nitrogen and oxygen atoms in total. The second-order valence-corrected chi connectivity index (χ2v) is 4.61. The van der Waals surface area contributed by atoms with Crippen LogP contribution in [0.1, 0.15) is 18.4 Å². The van der Waals surface area contributed by atoms with Gasteiger partial charge in [0.2, 0.25) is 0 Å². The van der Waals surface area contributed by atoms with Crippen molar-refractivity contribution in [1.82, 2.24) is 4.90 Å². The van der Waals surface area contributed by atoms with Gasteiger partial charge >= 0.3 is 5.97 Å². The Bertz CT molecular complexity index is 391. The van der Waals surface area contributed by atoms with Crippen LogP contribution in [-0.4, -0.2) is 29.1 Å². The van der Waals surface area contributed by atoms with Crippen LogP contribution < -0.4 is 0 Å². The summed E-state index contributed by atoms with van der Waals surface area (Å²) in [5, 5.41) is 8.72. The van der Waals surface area contributed by atoms with E-state index in [1.807, 2.05) is 0 Å². The molecule has 1 aromatic rings. The highest BCUT2D eigenvalue weighted by Crippen LogP contribution is 2.21. The molecule has 1 saturated heterocycles. The molecule has 92 valence electrons. The van der Waals surface area contributed by atoms with Crippen LogP contribution in [0.5, 0.6) is 0 Å². The fourth-order valence-corrected chi connectivity index (χ4v) is 2.32. The lowest BCUT2D eigenvalue weighted by Crippen LogP contribution is -2.20. The summed E-state index contributed by atoms with van der Waals surface area (Å²) in [4.78, 5) is 12.8. The molecule has 1 heterocycles. The highest BCUT2D eigenvalue weighted by Gasteiger charge is 2.24. The Morgan fingerprint density at radius 2 is 2.12 bits per heavy atom. The summed E-state index contributed by atoms with van der Waals surface area (Å²) in [5.41, 5.74) is 1.07. The van der Waals surface area contributed by atoms with Crippen molar-refractivity contribution in [2.24, 2.45) is 5.92 Å². The Balaban J connectivity index is 1.85. The van der Waals surface area contributed by atoms with Crippen molar-refractivity contribution in [1.29, 1.82) is 0 Å². The minimum absolute atomic E-state index is 0.223. The van der Waals surface area contributed by atoms with Gasteiger partial charge in [0.05, 0.1) is 0 Å². The summed E-state index contributed by atoms with van der Waals surface area (Å²) in [5.74, 6) is -0.689. The number of benzene rings is 1. The van der Waals surface area contributed by atoms with Crippen LogP contribution in [0.2, 0.25) is 0 Å². The minimum atomic E-state index is -0.723. The molecule has 2 rings (SSSR count). The SMILES string of the molecule is O=C(O)CC1CCN(Cc2ccc(F)cc2)C1. The first-order valence-corrected chi connectivity index (χ1v) is 5.82. The van der Waals surface area contributed by atoms with Crippen molar-refractivity contribution in [2.75, 3.05) is 13.1 Å². The van der Waals surface area contributed by atoms with Crippen molar-refractivity contribution in [2.45, 2.75) is 19.4 Å². The van der Waals surface area contributed by atoms with Crippen LogP contribution in [0.15, 0.2) is 24.3 Å². The first-order valence-electron chi connectivity index (χ1n) is 5.82. The van der Waals surface area contributed by atoms with E-state index in [0.29, 0.717) is 0 Å². The Morgan fingerprint density at radius 3 is 2.76 bits per heavy atom. The van der Waals surface area contributed by atoms with Gasteiger partial charge in [0, 0.05) is 19.5 Å². The van der Waals surface area contributed by atoms with E-state index >= 15 is 0 Å². The number of rotatable bonds is 4. The number of carbonyl (C=O) groups is 1. The molecule has 0 amide bonds. The van der Waals surface area contributed by atoms with E-state index in [1.165, 1.54) is 12.1 Å². The average Bonchev–Trinajstić information content (AvgIpc) is 2.68. The van der Waals surface area contributed by atoms with Gasteiger partial charge in [-0.05, 0) is 36.6 Å². The van der Waals surface area contributed by atoms with E-state index in [0.717, 1.165) is 31.6 Å². The first kappa shape index (κ1) is 12.0. The molecule has 1 atom stereocenters. The number of nitrogens with zero attached hydrogens (tertiary/aromatic N) is 1. The van der Waals surface area contributed by atoms with Gasteiger partial charge in [-0.1, -0.05) is 12.1 Å². The molecule has 1 fully saturated rings. The predicted octanol–water partition coefficient (Wildman–Crippen LogP) is 2.12. The van der Waals surface area contributed by atoms with E-state index in [9.17, 15) is 9.18 Å². The lowest BCUT2D eigenvalue weighted by Gasteiger charge is -2.15. The zero-order valence-electron chi connectivity index (χ0n) is 9.60. The standard InChI is InChI=1S/C13H16FNO2/c14-12-3-1-10(2-4-12)8-15-6-5-11(9-15)7-13(16)17/h1-4,11H,5-9H2,(H,16,17). The quantitative estimate of drug-likeness (QED) is 0.872. The maximum Gasteiger partial charge on any atom is 0.303 e. The minimum Gasteiger partial charge on any atom is -0.481 e. The van der Waals surface area contributed by atoms with Crippen molar-refractivity contribution in [3.8, 4) is 0 Å². The van der Waals surface area contributed by atoms with Crippen LogP contribution in [0, 0.1) is 11.7 Å². The van der Waals surface area contributed by atoms with Crippen LogP contribution >= 0.6 is 0 Å². The number of hydrogen-bond acceptors (Lipinski definition) is 2. The Hall–Kier alpha value is -1.42. The number of hydrogen-bond donors (Lipinski definition) is 1. The largest absolute Gasteiger partial charge is 0.481 e. The molecule has 1 aliphatic rings. The van der Waals surface area contributed by atoms with Gasteiger partial charge in [-0.3, -0.25) is 9.69 Å². The fourth-order valence-electron chi connectivity index (χ4n) is 2.32. The fraction of sp³-hybridized carbons (Fsp3) is 0.462. The second-order valence-electron chi connectivity index (χ2n) is 4.61. The molecule has 0 saturated carbocycles. The van der Waals surface area contributed by atoms with Crippen molar-refractivity contribution < 1.29 is 14.3 Å². The third kappa shape index (κ3) is 3.53. The molecule has 0 aliphatic carbocycles. The molecule has 1 N–H and O–H groups in total. The number of likely N-dealkylation sites (tertiary alicyclic amines) is 1. The van der Waals surface area contributed by atoms with Crippen molar-refractivity contribution >= 4 is 5.97 Å². The van der Waals surface area contributed by atoms with Crippen LogP contribution in [0.4, 0.5) is 4.39 Å². The third-order valence-electron chi connectivity index (χ3n) is 3.15. The number of carboxylic acid groups (broad SMARTS) is 1. The van der Waals surface area contributed by atoms with E-state index in [4.69, 9.17) is 5.11 Å². The zero-order valence-corrected chi connectivity index (χ0v) is 9.60. The van der Waals surface area contributed by atoms with Gasteiger partial charge in [0.1, 0.15) is 5.82 Å².